The van der Waals surface area contributed by atoms with Crippen LogP contribution in [-0.2, 0) is 16.4 Å². The molecule has 3 aromatic rings. The summed E-state index contributed by atoms with van der Waals surface area (Å²) >= 11 is 7.17. The maximum Gasteiger partial charge on any atom is 0.265 e. The van der Waals surface area contributed by atoms with Gasteiger partial charge < -0.3 is 10.5 Å². The first kappa shape index (κ1) is 23.0. The van der Waals surface area contributed by atoms with Crippen LogP contribution < -0.4 is 15.2 Å². The molecule has 0 saturated heterocycles. The Bertz CT molecular complexity index is 1150. The molecular formula is C22H22ClN3O3S2. The molecule has 162 valence electrons. The van der Waals surface area contributed by atoms with Gasteiger partial charge in [0.1, 0.15) is 16.5 Å². The Labute approximate surface area is 191 Å². The zero-order valence-electron chi connectivity index (χ0n) is 16.5. The van der Waals surface area contributed by atoms with Crippen molar-refractivity contribution < 1.29 is 13.2 Å². The number of para-hydroxylation sites is 2. The number of nitrogens with two attached hydrogens (primary N) is 1. The molecule has 0 aromatic heterocycles. The van der Waals surface area contributed by atoms with Gasteiger partial charge in [-0.3, -0.25) is 10.1 Å². The highest BCUT2D eigenvalue weighted by molar-refractivity contribution is 7.99. The van der Waals surface area contributed by atoms with Gasteiger partial charge in [-0.1, -0.05) is 60.1 Å². The van der Waals surface area contributed by atoms with Gasteiger partial charge in [0.25, 0.3) is 10.0 Å². The number of nitrogens with one attached hydrogen (secondary N) is 2. The summed E-state index contributed by atoms with van der Waals surface area (Å²) in [6.45, 7) is 0. The number of hydrogen-bond acceptors (Lipinski definition) is 5. The predicted octanol–water partition coefficient (Wildman–Crippen LogP) is 4.68. The average molecular weight is 476 g/mol. The second-order valence-electron chi connectivity index (χ2n) is 6.51. The van der Waals surface area contributed by atoms with Crippen molar-refractivity contribution >= 4 is 44.9 Å². The molecule has 31 heavy (non-hydrogen) atoms. The fourth-order valence-corrected chi connectivity index (χ4v) is 5.27. The number of thioether (sulfide) groups is 1. The average Bonchev–Trinajstić information content (AvgIpc) is 2.75. The molecule has 0 heterocycles. The van der Waals surface area contributed by atoms with E-state index in [1.54, 1.807) is 42.1 Å². The van der Waals surface area contributed by atoms with Gasteiger partial charge in [0.15, 0.2) is 6.07 Å². The summed E-state index contributed by atoms with van der Waals surface area (Å²) in [6, 6.07) is 21.0. The SMILES string of the molecule is N=C(N)c1ccc(CCSc2ccccc2NS(=O)(=O)c2ccccc2OCCl)cc1. The first-order valence-corrected chi connectivity index (χ1v) is 12.4. The van der Waals surface area contributed by atoms with E-state index in [0.29, 0.717) is 11.3 Å². The van der Waals surface area contributed by atoms with E-state index in [2.05, 4.69) is 4.72 Å². The maximum absolute atomic E-state index is 13.0. The molecule has 0 fully saturated rings. The molecule has 0 spiro atoms. The smallest absolute Gasteiger partial charge is 0.265 e. The number of ether oxygens (including phenoxy) is 1. The fraction of sp³-hybridized carbons (Fsp3) is 0.136. The number of alkyl halides is 1. The number of benzene rings is 3. The zero-order valence-corrected chi connectivity index (χ0v) is 18.9. The molecule has 0 aliphatic carbocycles. The minimum atomic E-state index is -3.86. The quantitative estimate of drug-likeness (QED) is 0.171. The third-order valence-corrected chi connectivity index (χ3v) is 6.98. The normalized spacial score (nSPS) is 11.1. The van der Waals surface area contributed by atoms with Gasteiger partial charge in [-0.15, -0.1) is 11.8 Å². The second kappa shape index (κ2) is 10.6. The van der Waals surface area contributed by atoms with E-state index in [0.717, 1.165) is 22.6 Å². The Morgan fingerprint density at radius 2 is 1.71 bits per heavy atom. The van der Waals surface area contributed by atoms with Crippen LogP contribution in [0.15, 0.2) is 82.6 Å². The number of aryl methyl sites for hydroxylation is 1. The van der Waals surface area contributed by atoms with Crippen LogP contribution in [0.3, 0.4) is 0 Å². The van der Waals surface area contributed by atoms with Crippen molar-refractivity contribution in [3.63, 3.8) is 0 Å². The van der Waals surface area contributed by atoms with Crippen molar-refractivity contribution in [1.29, 1.82) is 5.41 Å². The van der Waals surface area contributed by atoms with Crippen molar-refractivity contribution in [2.45, 2.75) is 16.2 Å². The van der Waals surface area contributed by atoms with Crippen molar-refractivity contribution in [3.05, 3.63) is 83.9 Å². The molecule has 0 bridgehead atoms. The van der Waals surface area contributed by atoms with Gasteiger partial charge in [-0.05, 0) is 36.2 Å². The molecule has 0 unspecified atom stereocenters. The van der Waals surface area contributed by atoms with E-state index in [4.69, 9.17) is 27.5 Å². The van der Waals surface area contributed by atoms with Crippen molar-refractivity contribution in [2.24, 2.45) is 5.73 Å². The highest BCUT2D eigenvalue weighted by Crippen LogP contribution is 2.31. The summed E-state index contributed by atoms with van der Waals surface area (Å²) < 4.78 is 33.8. The number of nitrogen functional groups attached to an aromatic ring is 1. The topological polar surface area (TPSA) is 105 Å². The molecule has 0 atom stereocenters. The van der Waals surface area contributed by atoms with Crippen LogP contribution >= 0.6 is 23.4 Å². The number of amidine groups is 1. The molecule has 0 aliphatic rings. The van der Waals surface area contributed by atoms with Crippen molar-refractivity contribution in [1.82, 2.24) is 0 Å². The number of halogens is 1. The highest BCUT2D eigenvalue weighted by Gasteiger charge is 2.20. The number of hydrogen-bond donors (Lipinski definition) is 3. The van der Waals surface area contributed by atoms with Gasteiger partial charge in [0.05, 0.1) is 5.69 Å². The van der Waals surface area contributed by atoms with Gasteiger partial charge >= 0.3 is 0 Å². The highest BCUT2D eigenvalue weighted by atomic mass is 35.5. The maximum atomic E-state index is 13.0. The second-order valence-corrected chi connectivity index (χ2v) is 9.52. The first-order valence-electron chi connectivity index (χ1n) is 9.36. The predicted molar refractivity (Wildman–Crippen MR) is 127 cm³/mol. The van der Waals surface area contributed by atoms with Crippen LogP contribution in [0.1, 0.15) is 11.1 Å². The van der Waals surface area contributed by atoms with Gasteiger partial charge in [0.2, 0.25) is 0 Å². The Balaban J connectivity index is 1.71. The molecular weight excluding hydrogens is 454 g/mol. The molecule has 9 heteroatoms. The van der Waals surface area contributed by atoms with E-state index in [1.165, 1.54) is 6.07 Å². The van der Waals surface area contributed by atoms with Gasteiger partial charge in [-0.25, -0.2) is 8.42 Å². The molecule has 4 N–H and O–H groups in total. The van der Waals surface area contributed by atoms with E-state index >= 15 is 0 Å². The van der Waals surface area contributed by atoms with Crippen LogP contribution in [0.2, 0.25) is 0 Å². The lowest BCUT2D eigenvalue weighted by Crippen LogP contribution is -2.15. The zero-order chi connectivity index (χ0) is 22.3. The fourth-order valence-electron chi connectivity index (χ4n) is 2.86. The third kappa shape index (κ3) is 6.16. The summed E-state index contributed by atoms with van der Waals surface area (Å²) in [5, 5.41) is 7.45. The van der Waals surface area contributed by atoms with E-state index < -0.39 is 10.0 Å². The Kier molecular flexibility index (Phi) is 7.84. The summed E-state index contributed by atoms with van der Waals surface area (Å²) in [6.07, 6.45) is 0.788. The van der Waals surface area contributed by atoms with Crippen LogP contribution in [0.4, 0.5) is 5.69 Å². The monoisotopic (exact) mass is 475 g/mol. The molecule has 0 saturated carbocycles. The lowest BCUT2D eigenvalue weighted by molar-refractivity contribution is 0.377. The van der Waals surface area contributed by atoms with Crippen molar-refractivity contribution in [2.75, 3.05) is 16.5 Å². The lowest BCUT2D eigenvalue weighted by atomic mass is 10.1. The molecule has 3 aromatic carbocycles. The summed E-state index contributed by atoms with van der Waals surface area (Å²) in [5.74, 6) is 0.994. The Hall–Kier alpha value is -2.68. The lowest BCUT2D eigenvalue weighted by Gasteiger charge is -2.14. The molecule has 0 radical (unpaired) electrons. The summed E-state index contributed by atoms with van der Waals surface area (Å²) in [4.78, 5) is 0.850. The molecule has 6 nitrogen and oxygen atoms in total. The van der Waals surface area contributed by atoms with Gasteiger partial charge in [0, 0.05) is 16.2 Å². The van der Waals surface area contributed by atoms with Gasteiger partial charge in [-0.2, -0.15) is 0 Å². The van der Waals surface area contributed by atoms with Crippen LogP contribution in [0.5, 0.6) is 5.75 Å². The first-order chi connectivity index (χ1) is 14.9. The largest absolute Gasteiger partial charge is 0.476 e. The number of sulfonamides is 1. The van der Waals surface area contributed by atoms with Crippen LogP contribution in [0.25, 0.3) is 0 Å². The van der Waals surface area contributed by atoms with Crippen LogP contribution in [-0.4, -0.2) is 26.1 Å². The molecule has 3 rings (SSSR count). The third-order valence-electron chi connectivity index (χ3n) is 4.39. The number of rotatable bonds is 10. The summed E-state index contributed by atoms with van der Waals surface area (Å²) in [7, 11) is -3.86. The van der Waals surface area contributed by atoms with Crippen LogP contribution in [0, 0.1) is 5.41 Å². The summed E-state index contributed by atoms with van der Waals surface area (Å²) in [5.41, 5.74) is 7.79. The minimum Gasteiger partial charge on any atom is -0.476 e. The number of anilines is 1. The molecule has 0 aliphatic heterocycles. The minimum absolute atomic E-state index is 0.0287. The van der Waals surface area contributed by atoms with E-state index in [9.17, 15) is 8.42 Å². The molecule has 0 amide bonds. The van der Waals surface area contributed by atoms with E-state index in [1.807, 2.05) is 36.4 Å². The Morgan fingerprint density at radius 3 is 2.42 bits per heavy atom. The van der Waals surface area contributed by atoms with Crippen molar-refractivity contribution in [3.8, 4) is 5.75 Å². The van der Waals surface area contributed by atoms with E-state index in [-0.39, 0.29) is 22.5 Å². The Morgan fingerprint density at radius 1 is 1.03 bits per heavy atom. The standard InChI is InChI=1S/C22H22ClN3O3S2/c23-15-29-19-6-2-4-8-21(19)31(27,28)26-18-5-1-3-7-20(18)30-14-13-16-9-11-17(12-10-16)22(24)25/h1-12,26H,13-15H2,(H3,24,25).